The quantitative estimate of drug-likeness (QED) is 0.858. The van der Waals surface area contributed by atoms with Crippen LogP contribution in [0.2, 0.25) is 0 Å². The van der Waals surface area contributed by atoms with Gasteiger partial charge in [-0.1, -0.05) is 17.3 Å². The van der Waals surface area contributed by atoms with E-state index >= 15 is 0 Å². The largest absolute Gasteiger partial charge is 0.497 e. The third-order valence-electron chi connectivity index (χ3n) is 4.24. The van der Waals surface area contributed by atoms with Gasteiger partial charge in [0, 0.05) is 6.54 Å². The normalized spacial score (nSPS) is 19.2. The summed E-state index contributed by atoms with van der Waals surface area (Å²) in [6.07, 6.45) is 1.63. The van der Waals surface area contributed by atoms with Gasteiger partial charge in [0.05, 0.1) is 13.2 Å². The highest BCUT2D eigenvalue weighted by Crippen LogP contribution is 2.38. The van der Waals surface area contributed by atoms with Crippen LogP contribution in [-0.2, 0) is 10.0 Å². The maximum absolute atomic E-state index is 13.0. The van der Waals surface area contributed by atoms with Gasteiger partial charge in [-0.25, -0.2) is 8.42 Å². The lowest BCUT2D eigenvalue weighted by Gasteiger charge is -2.24. The van der Waals surface area contributed by atoms with Gasteiger partial charge >= 0.3 is 0 Å². The minimum absolute atomic E-state index is 0.167. The van der Waals surface area contributed by atoms with E-state index in [0.29, 0.717) is 18.0 Å². The summed E-state index contributed by atoms with van der Waals surface area (Å²) in [5.41, 5.74) is 1.38. The Hall–Kier alpha value is -1.86. The van der Waals surface area contributed by atoms with Crippen LogP contribution < -0.4 is 4.74 Å². The molecule has 1 aromatic carbocycles. The van der Waals surface area contributed by atoms with Crippen molar-refractivity contribution in [1.82, 2.24) is 9.46 Å². The van der Waals surface area contributed by atoms with Gasteiger partial charge in [-0.3, -0.25) is 0 Å². The summed E-state index contributed by atoms with van der Waals surface area (Å²) in [6, 6.07) is 7.39. The van der Waals surface area contributed by atoms with Crippen LogP contribution in [-0.4, -0.2) is 31.5 Å². The van der Waals surface area contributed by atoms with Crippen LogP contribution in [0.3, 0.4) is 0 Å². The number of ether oxygens (including phenoxy) is 1. The van der Waals surface area contributed by atoms with E-state index in [1.165, 1.54) is 0 Å². The first-order valence-electron chi connectivity index (χ1n) is 7.54. The van der Waals surface area contributed by atoms with Gasteiger partial charge in [-0.2, -0.15) is 4.31 Å². The van der Waals surface area contributed by atoms with E-state index in [2.05, 4.69) is 5.16 Å². The van der Waals surface area contributed by atoms with Crippen LogP contribution in [0.1, 0.15) is 35.9 Å². The second-order valence-electron chi connectivity index (χ2n) is 5.70. The highest BCUT2D eigenvalue weighted by molar-refractivity contribution is 7.89. The van der Waals surface area contributed by atoms with Crippen molar-refractivity contribution in [1.29, 1.82) is 0 Å². The lowest BCUT2D eigenvalue weighted by molar-refractivity contribution is 0.383. The van der Waals surface area contributed by atoms with E-state index in [0.717, 1.165) is 24.2 Å². The van der Waals surface area contributed by atoms with Crippen LogP contribution >= 0.6 is 0 Å². The molecule has 0 amide bonds. The summed E-state index contributed by atoms with van der Waals surface area (Å²) in [5.74, 6) is 1.09. The molecule has 124 valence electrons. The molecule has 1 saturated heterocycles. The molecule has 23 heavy (non-hydrogen) atoms. The van der Waals surface area contributed by atoms with Gasteiger partial charge in [-0.05, 0) is 44.4 Å². The Morgan fingerprint density at radius 1 is 1.26 bits per heavy atom. The number of rotatable bonds is 4. The third-order valence-corrected chi connectivity index (χ3v) is 6.39. The molecule has 2 aromatic rings. The smallest absolute Gasteiger partial charge is 0.249 e. The SMILES string of the molecule is COc1ccc([C@H]2CCCN2S(=O)(=O)c2c(C)noc2C)cc1. The van der Waals surface area contributed by atoms with E-state index in [1.807, 2.05) is 24.3 Å². The Balaban J connectivity index is 1.97. The van der Waals surface area contributed by atoms with E-state index < -0.39 is 10.0 Å². The van der Waals surface area contributed by atoms with E-state index in [1.54, 1.807) is 25.3 Å². The van der Waals surface area contributed by atoms with Crippen molar-refractivity contribution in [3.8, 4) is 5.75 Å². The Bertz CT molecular complexity index is 776. The molecule has 0 bridgehead atoms. The number of hydrogen-bond donors (Lipinski definition) is 0. The highest BCUT2D eigenvalue weighted by atomic mass is 32.2. The first-order valence-corrected chi connectivity index (χ1v) is 8.98. The van der Waals surface area contributed by atoms with Crippen LogP contribution in [0.15, 0.2) is 33.7 Å². The Kier molecular flexibility index (Phi) is 4.16. The fourth-order valence-corrected chi connectivity index (χ4v) is 5.12. The molecule has 0 N–H and O–H groups in total. The topological polar surface area (TPSA) is 72.6 Å². The first kappa shape index (κ1) is 16.0. The van der Waals surface area contributed by atoms with Crippen molar-refractivity contribution >= 4 is 10.0 Å². The summed E-state index contributed by atoms with van der Waals surface area (Å²) in [7, 11) is -2.01. The second-order valence-corrected chi connectivity index (χ2v) is 7.53. The molecule has 0 saturated carbocycles. The molecule has 0 radical (unpaired) electrons. The standard InChI is InChI=1S/C16H20N2O4S/c1-11-16(12(2)22-17-11)23(19,20)18-10-4-5-15(18)13-6-8-14(21-3)9-7-13/h6-9,15H,4-5,10H2,1-3H3/t15-/m1/s1. The lowest BCUT2D eigenvalue weighted by Crippen LogP contribution is -2.31. The lowest BCUT2D eigenvalue weighted by atomic mass is 10.1. The number of aromatic nitrogens is 1. The molecule has 7 heteroatoms. The highest BCUT2D eigenvalue weighted by Gasteiger charge is 2.39. The van der Waals surface area contributed by atoms with Crippen LogP contribution in [0.4, 0.5) is 0 Å². The zero-order valence-electron chi connectivity index (χ0n) is 13.4. The molecule has 2 heterocycles. The Morgan fingerprint density at radius 2 is 1.96 bits per heavy atom. The Labute approximate surface area is 136 Å². The van der Waals surface area contributed by atoms with Gasteiger partial charge in [-0.15, -0.1) is 0 Å². The molecule has 1 aliphatic rings. The zero-order valence-corrected chi connectivity index (χ0v) is 14.3. The summed E-state index contributed by atoms with van der Waals surface area (Å²) >= 11 is 0. The van der Waals surface area contributed by atoms with Crippen LogP contribution in [0.5, 0.6) is 5.75 Å². The summed E-state index contributed by atoms with van der Waals surface area (Å²) in [5, 5.41) is 3.78. The molecule has 0 aliphatic carbocycles. The fraction of sp³-hybridized carbons (Fsp3) is 0.438. The molecule has 1 fully saturated rings. The van der Waals surface area contributed by atoms with E-state index in [9.17, 15) is 8.42 Å². The van der Waals surface area contributed by atoms with Gasteiger partial charge in [0.1, 0.15) is 16.3 Å². The zero-order chi connectivity index (χ0) is 16.6. The number of hydrogen-bond acceptors (Lipinski definition) is 5. The molecule has 0 spiro atoms. The molecule has 1 atom stereocenters. The fourth-order valence-electron chi connectivity index (χ4n) is 3.15. The molecule has 3 rings (SSSR count). The predicted molar refractivity (Wildman–Crippen MR) is 84.8 cm³/mol. The van der Waals surface area contributed by atoms with Crippen molar-refractivity contribution in [3.05, 3.63) is 41.3 Å². The summed E-state index contributed by atoms with van der Waals surface area (Å²) in [4.78, 5) is 0.193. The summed E-state index contributed by atoms with van der Waals surface area (Å²) < 4.78 is 37.9. The molecule has 0 unspecified atom stereocenters. The number of benzene rings is 1. The van der Waals surface area contributed by atoms with E-state index in [4.69, 9.17) is 9.26 Å². The molecule has 6 nitrogen and oxygen atoms in total. The number of methoxy groups -OCH3 is 1. The van der Waals surface area contributed by atoms with Gasteiger partial charge in [0.25, 0.3) is 0 Å². The van der Waals surface area contributed by atoms with E-state index in [-0.39, 0.29) is 10.9 Å². The monoisotopic (exact) mass is 336 g/mol. The minimum atomic E-state index is -3.62. The molecular formula is C16H20N2O4S. The maximum atomic E-state index is 13.0. The number of sulfonamides is 1. The molecule has 1 aromatic heterocycles. The average Bonchev–Trinajstić information content (AvgIpc) is 3.15. The van der Waals surface area contributed by atoms with Gasteiger partial charge in [0.15, 0.2) is 5.76 Å². The van der Waals surface area contributed by atoms with Crippen LogP contribution in [0, 0.1) is 13.8 Å². The van der Waals surface area contributed by atoms with Crippen molar-refractivity contribution < 1.29 is 17.7 Å². The molecular weight excluding hydrogens is 316 g/mol. The number of aryl methyl sites for hydroxylation is 2. The van der Waals surface area contributed by atoms with Crippen molar-refractivity contribution in [2.24, 2.45) is 0 Å². The van der Waals surface area contributed by atoms with Crippen LogP contribution in [0.25, 0.3) is 0 Å². The maximum Gasteiger partial charge on any atom is 0.249 e. The third kappa shape index (κ3) is 2.74. The van der Waals surface area contributed by atoms with Crippen molar-refractivity contribution in [2.75, 3.05) is 13.7 Å². The van der Waals surface area contributed by atoms with Gasteiger partial charge in [0.2, 0.25) is 10.0 Å². The second kappa shape index (κ2) is 5.98. The molecule has 1 aliphatic heterocycles. The first-order chi connectivity index (χ1) is 10.9. The van der Waals surface area contributed by atoms with Gasteiger partial charge < -0.3 is 9.26 Å². The average molecular weight is 336 g/mol. The van der Waals surface area contributed by atoms with Crippen molar-refractivity contribution in [2.45, 2.75) is 37.6 Å². The summed E-state index contributed by atoms with van der Waals surface area (Å²) in [6.45, 7) is 3.79. The van der Waals surface area contributed by atoms with Crippen molar-refractivity contribution in [3.63, 3.8) is 0 Å². The minimum Gasteiger partial charge on any atom is -0.497 e. The number of nitrogens with zero attached hydrogens (tertiary/aromatic N) is 2. The predicted octanol–water partition coefficient (Wildman–Crippen LogP) is 2.83. The Morgan fingerprint density at radius 3 is 2.52 bits per heavy atom.